The lowest BCUT2D eigenvalue weighted by atomic mass is 10.1. The van der Waals surface area contributed by atoms with Gasteiger partial charge in [-0.1, -0.05) is 25.6 Å². The molecule has 314 valence electrons. The number of halogens is 2. The summed E-state index contributed by atoms with van der Waals surface area (Å²) in [6, 6.07) is 9.83. The number of piperazine rings is 2. The lowest BCUT2D eigenvalue weighted by Gasteiger charge is -2.37. The van der Waals surface area contributed by atoms with Crippen LogP contribution in [0.25, 0.3) is 0 Å². The number of nitrogens with one attached hydrogen (secondary N) is 1. The summed E-state index contributed by atoms with van der Waals surface area (Å²) in [5.74, 6) is -0.525. The second-order valence-corrected chi connectivity index (χ2v) is 15.7. The minimum atomic E-state index is -0.483. The van der Waals surface area contributed by atoms with E-state index in [0.717, 1.165) is 44.8 Å². The number of aldehydes is 1. The maximum Gasteiger partial charge on any atom is 0.410 e. The van der Waals surface area contributed by atoms with Gasteiger partial charge in [0, 0.05) is 90.6 Å². The summed E-state index contributed by atoms with van der Waals surface area (Å²) < 4.78 is 49.4. The van der Waals surface area contributed by atoms with Crippen molar-refractivity contribution in [3.8, 4) is 0 Å². The van der Waals surface area contributed by atoms with Crippen molar-refractivity contribution in [1.29, 1.82) is 0 Å². The molecule has 13 nitrogen and oxygen atoms in total. The van der Waals surface area contributed by atoms with Gasteiger partial charge in [0.25, 0.3) is 0 Å². The van der Waals surface area contributed by atoms with Crippen LogP contribution in [-0.2, 0) is 25.5 Å². The summed E-state index contributed by atoms with van der Waals surface area (Å²) in [7, 11) is 0. The van der Waals surface area contributed by atoms with E-state index in [-0.39, 0.29) is 36.8 Å². The quantitative estimate of drug-likeness (QED) is 0.379. The standard InChI is InChI=1S/C20H30FN3O3.C11H12FNO2.C9H18N2O2.CH4/c1-20(2,3)27-19(25)24-9-7-22(8-10-24)15-16-5-4-6-17(21)18(16)23-11-13-26-14-12-23;12-10-3-1-2-9(8-14)11(10)13-4-6-15-7-5-13;1-9(2,3)13-8(12)11-6-4-10-5-7-11;/h4-6H,7-15H2,1-3H3;1-3,8H,4-7H2;10H,4-7H2,1-3H3;1H4. The second-order valence-electron chi connectivity index (χ2n) is 15.7. The van der Waals surface area contributed by atoms with Gasteiger partial charge in [0.05, 0.1) is 37.8 Å². The molecule has 4 saturated heterocycles. The Kier molecular flexibility index (Phi) is 18.2. The molecule has 0 aliphatic carbocycles. The van der Waals surface area contributed by atoms with E-state index in [2.05, 4.69) is 15.1 Å². The molecule has 2 aromatic carbocycles. The normalized spacial score (nSPS) is 18.0. The fourth-order valence-electron chi connectivity index (χ4n) is 6.41. The zero-order chi connectivity index (χ0) is 40.0. The third-order valence-electron chi connectivity index (χ3n) is 9.06. The first-order chi connectivity index (χ1) is 26.1. The fourth-order valence-corrected chi connectivity index (χ4v) is 6.41. The molecule has 0 spiro atoms. The molecule has 0 unspecified atom stereocenters. The van der Waals surface area contributed by atoms with Crippen molar-refractivity contribution in [1.82, 2.24) is 20.0 Å². The Morgan fingerprint density at radius 1 is 0.679 bits per heavy atom. The lowest BCUT2D eigenvalue weighted by molar-refractivity contribution is 0.0138. The van der Waals surface area contributed by atoms with E-state index in [4.69, 9.17) is 18.9 Å². The van der Waals surface area contributed by atoms with Crippen molar-refractivity contribution >= 4 is 29.8 Å². The third kappa shape index (κ3) is 14.8. The van der Waals surface area contributed by atoms with Crippen molar-refractivity contribution in [2.75, 3.05) is 115 Å². The molecule has 2 amide bonds. The highest BCUT2D eigenvalue weighted by Gasteiger charge is 2.28. The highest BCUT2D eigenvalue weighted by Crippen LogP contribution is 2.27. The highest BCUT2D eigenvalue weighted by atomic mass is 19.1. The van der Waals surface area contributed by atoms with Crippen LogP contribution in [0.2, 0.25) is 0 Å². The number of hydrogen-bond acceptors (Lipinski definition) is 11. The van der Waals surface area contributed by atoms with E-state index in [1.54, 1.807) is 28.0 Å². The van der Waals surface area contributed by atoms with Crippen LogP contribution in [0.5, 0.6) is 0 Å². The largest absolute Gasteiger partial charge is 0.444 e. The zero-order valence-electron chi connectivity index (χ0n) is 33.4. The Bertz CT molecular complexity index is 1530. The van der Waals surface area contributed by atoms with Crippen molar-refractivity contribution in [3.63, 3.8) is 0 Å². The second kappa shape index (κ2) is 22.0. The number of morpholine rings is 2. The molecule has 0 radical (unpaired) electrons. The average Bonchev–Trinajstić information content (AvgIpc) is 3.15. The predicted octanol–water partition coefficient (Wildman–Crippen LogP) is 5.65. The Morgan fingerprint density at radius 2 is 1.12 bits per heavy atom. The van der Waals surface area contributed by atoms with E-state index in [1.807, 2.05) is 52.5 Å². The van der Waals surface area contributed by atoms with Gasteiger partial charge in [-0.3, -0.25) is 9.69 Å². The third-order valence-corrected chi connectivity index (χ3v) is 9.06. The monoisotopic (exact) mass is 790 g/mol. The highest BCUT2D eigenvalue weighted by molar-refractivity contribution is 5.84. The molecular weight excluding hydrogens is 726 g/mol. The van der Waals surface area contributed by atoms with Crippen LogP contribution in [0.1, 0.15) is 64.9 Å². The SMILES string of the molecule is C.CC(C)(C)OC(=O)N1CCN(Cc2cccc(F)c2N2CCOCC2)CC1.CC(C)(C)OC(=O)N1CCNCC1.O=Cc1cccc(F)c1N1CCOCC1. The van der Waals surface area contributed by atoms with Crippen molar-refractivity contribution in [2.24, 2.45) is 0 Å². The average molecular weight is 791 g/mol. The Hall–Kier alpha value is -4.05. The van der Waals surface area contributed by atoms with Gasteiger partial charge in [0.2, 0.25) is 0 Å². The molecule has 0 atom stereocenters. The molecule has 4 heterocycles. The summed E-state index contributed by atoms with van der Waals surface area (Å²) in [5.41, 5.74) is 1.61. The number of nitrogens with zero attached hydrogens (tertiary/aromatic N) is 5. The van der Waals surface area contributed by atoms with Crippen LogP contribution in [0.15, 0.2) is 36.4 Å². The summed E-state index contributed by atoms with van der Waals surface area (Å²) in [6.45, 7) is 23.0. The Balaban J connectivity index is 0.000000245. The molecule has 1 N–H and O–H groups in total. The molecule has 4 aliphatic heterocycles. The summed E-state index contributed by atoms with van der Waals surface area (Å²) >= 11 is 0. The number of benzene rings is 2. The smallest absolute Gasteiger partial charge is 0.410 e. The Morgan fingerprint density at radius 3 is 1.61 bits per heavy atom. The van der Waals surface area contributed by atoms with Gasteiger partial charge in [-0.2, -0.15) is 0 Å². The van der Waals surface area contributed by atoms with Crippen LogP contribution in [-0.4, -0.2) is 149 Å². The number of anilines is 2. The first-order valence-electron chi connectivity index (χ1n) is 19.2. The van der Waals surface area contributed by atoms with Crippen molar-refractivity contribution in [2.45, 2.75) is 66.7 Å². The van der Waals surface area contributed by atoms with Gasteiger partial charge >= 0.3 is 12.2 Å². The fraction of sp³-hybridized carbons (Fsp3) is 0.634. The van der Waals surface area contributed by atoms with Gasteiger partial charge in [-0.05, 0) is 65.3 Å². The van der Waals surface area contributed by atoms with E-state index in [0.29, 0.717) is 95.5 Å². The predicted molar refractivity (Wildman–Crippen MR) is 215 cm³/mol. The number of carbonyl (C=O) groups excluding carboxylic acids is 3. The molecule has 2 aromatic rings. The number of ether oxygens (including phenoxy) is 4. The first kappa shape index (κ1) is 46.3. The van der Waals surface area contributed by atoms with Crippen LogP contribution in [0.4, 0.5) is 29.7 Å². The van der Waals surface area contributed by atoms with Crippen LogP contribution in [0.3, 0.4) is 0 Å². The van der Waals surface area contributed by atoms with Crippen LogP contribution >= 0.6 is 0 Å². The van der Waals surface area contributed by atoms with E-state index in [9.17, 15) is 23.2 Å². The van der Waals surface area contributed by atoms with Crippen molar-refractivity contribution < 1.29 is 42.1 Å². The minimum absolute atomic E-state index is 0. The first-order valence-corrected chi connectivity index (χ1v) is 19.2. The topological polar surface area (TPSA) is 116 Å². The number of carbonyl (C=O) groups is 3. The number of hydrogen-bond donors (Lipinski definition) is 1. The lowest BCUT2D eigenvalue weighted by Crippen LogP contribution is -2.49. The number of para-hydroxylation sites is 2. The van der Waals surface area contributed by atoms with Gasteiger partial charge in [0.15, 0.2) is 6.29 Å². The van der Waals surface area contributed by atoms with Crippen molar-refractivity contribution in [3.05, 3.63) is 59.2 Å². The van der Waals surface area contributed by atoms with Gasteiger partial charge in [-0.15, -0.1) is 0 Å². The summed E-state index contributed by atoms with van der Waals surface area (Å²) in [5, 5.41) is 3.18. The zero-order valence-corrected chi connectivity index (χ0v) is 33.4. The maximum atomic E-state index is 14.5. The molecule has 0 aromatic heterocycles. The summed E-state index contributed by atoms with van der Waals surface area (Å²) in [4.78, 5) is 44.2. The number of amides is 2. The molecule has 6 rings (SSSR count). The molecule has 15 heteroatoms. The van der Waals surface area contributed by atoms with Gasteiger partial charge < -0.3 is 43.9 Å². The van der Waals surface area contributed by atoms with Gasteiger partial charge in [-0.25, -0.2) is 18.4 Å². The molecule has 0 bridgehead atoms. The van der Waals surface area contributed by atoms with Crippen LogP contribution in [0, 0.1) is 11.6 Å². The molecule has 4 fully saturated rings. The van der Waals surface area contributed by atoms with E-state index in [1.165, 1.54) is 12.1 Å². The molecule has 4 aliphatic rings. The Labute approximate surface area is 332 Å². The molecule has 0 saturated carbocycles. The minimum Gasteiger partial charge on any atom is -0.444 e. The van der Waals surface area contributed by atoms with E-state index < -0.39 is 5.60 Å². The van der Waals surface area contributed by atoms with Gasteiger partial charge in [0.1, 0.15) is 22.8 Å². The number of rotatable bonds is 5. The molecule has 56 heavy (non-hydrogen) atoms. The summed E-state index contributed by atoms with van der Waals surface area (Å²) in [6.07, 6.45) is 0.226. The maximum absolute atomic E-state index is 14.5. The van der Waals surface area contributed by atoms with E-state index >= 15 is 0 Å². The van der Waals surface area contributed by atoms with Crippen LogP contribution < -0.4 is 15.1 Å². The molecular formula is C41H64F2N6O7.